The number of allylic oxidation sites excluding steroid dienone is 1. The van der Waals surface area contributed by atoms with E-state index in [2.05, 4.69) is 6.08 Å². The largest absolute Gasteiger partial charge is 0.367 e. The molecule has 0 radical (unpaired) electrons. The van der Waals surface area contributed by atoms with Crippen molar-refractivity contribution in [1.29, 1.82) is 0 Å². The van der Waals surface area contributed by atoms with Crippen LogP contribution in [0.2, 0.25) is 0 Å². The number of ketones is 1. The van der Waals surface area contributed by atoms with Crippen molar-refractivity contribution in [3.8, 4) is 0 Å². The molecular weight excluding hydrogens is 224 g/mol. The fourth-order valence-electron chi connectivity index (χ4n) is 3.35. The van der Waals surface area contributed by atoms with E-state index in [0.29, 0.717) is 12.4 Å². The van der Waals surface area contributed by atoms with Crippen LogP contribution in [0.25, 0.3) is 0 Å². The molecule has 0 unspecified atom stereocenters. The Morgan fingerprint density at radius 3 is 2.61 bits per heavy atom. The van der Waals surface area contributed by atoms with Gasteiger partial charge < -0.3 is 4.74 Å². The number of carbonyl (C=O) groups is 1. The van der Waals surface area contributed by atoms with Crippen molar-refractivity contribution in [2.75, 3.05) is 6.61 Å². The Kier molecular flexibility index (Phi) is 4.99. The Morgan fingerprint density at radius 1 is 1.17 bits per heavy atom. The maximum absolute atomic E-state index is 12.8. The average Bonchev–Trinajstić information content (AvgIpc) is 2.78. The maximum Gasteiger partial charge on any atom is 0.190 e. The Labute approximate surface area is 111 Å². The van der Waals surface area contributed by atoms with Gasteiger partial charge in [-0.3, -0.25) is 4.79 Å². The zero-order valence-electron chi connectivity index (χ0n) is 11.7. The minimum atomic E-state index is -0.459. The lowest BCUT2D eigenvalue weighted by Gasteiger charge is -2.29. The third-order valence-corrected chi connectivity index (χ3v) is 4.33. The number of Topliss-reactive ketones (excluding diaryl/α,β-unsaturated/α-hetero) is 1. The highest BCUT2D eigenvalue weighted by Gasteiger charge is 2.42. The van der Waals surface area contributed by atoms with Crippen molar-refractivity contribution >= 4 is 5.78 Å². The van der Waals surface area contributed by atoms with Gasteiger partial charge in [-0.05, 0) is 63.9 Å². The first-order chi connectivity index (χ1) is 8.78. The molecule has 1 fully saturated rings. The summed E-state index contributed by atoms with van der Waals surface area (Å²) < 4.78 is 5.89. The van der Waals surface area contributed by atoms with Gasteiger partial charge in [-0.1, -0.05) is 18.9 Å². The maximum atomic E-state index is 12.8. The fourth-order valence-corrected chi connectivity index (χ4v) is 3.35. The molecule has 0 aromatic rings. The number of carbonyl (C=O) groups excluding carboxylic acids is 1. The highest BCUT2D eigenvalue weighted by molar-refractivity contribution is 6.02. The fraction of sp³-hybridized carbons (Fsp3) is 0.812. The first kappa shape index (κ1) is 13.8. The number of hydrogen-bond acceptors (Lipinski definition) is 2. The summed E-state index contributed by atoms with van der Waals surface area (Å²) in [6.07, 6.45) is 13.3. The van der Waals surface area contributed by atoms with Gasteiger partial charge in [0, 0.05) is 6.61 Å². The second-order valence-corrected chi connectivity index (χ2v) is 5.65. The summed E-state index contributed by atoms with van der Waals surface area (Å²) in [6.45, 7) is 2.65. The molecule has 0 atom stereocenters. The van der Waals surface area contributed by atoms with E-state index in [-0.39, 0.29) is 0 Å². The van der Waals surface area contributed by atoms with E-state index in [1.165, 1.54) is 25.7 Å². The highest BCUT2D eigenvalue weighted by Crippen LogP contribution is 2.37. The summed E-state index contributed by atoms with van der Waals surface area (Å²) in [5, 5.41) is 0. The van der Waals surface area contributed by atoms with Crippen LogP contribution < -0.4 is 0 Å². The molecule has 2 rings (SSSR count). The summed E-state index contributed by atoms with van der Waals surface area (Å²) in [4.78, 5) is 12.8. The number of hydrogen-bond donors (Lipinski definition) is 0. The molecule has 18 heavy (non-hydrogen) atoms. The molecule has 1 saturated carbocycles. The van der Waals surface area contributed by atoms with Crippen LogP contribution in [-0.2, 0) is 9.53 Å². The van der Waals surface area contributed by atoms with E-state index in [1.807, 2.05) is 6.92 Å². The van der Waals surface area contributed by atoms with E-state index in [9.17, 15) is 4.79 Å². The summed E-state index contributed by atoms with van der Waals surface area (Å²) in [5.74, 6) is 0.309. The van der Waals surface area contributed by atoms with Crippen molar-refractivity contribution in [1.82, 2.24) is 0 Å². The summed E-state index contributed by atoms with van der Waals surface area (Å²) in [5.41, 5.74) is 0.602. The normalized spacial score (nSPS) is 24.2. The highest BCUT2D eigenvalue weighted by atomic mass is 16.5. The number of rotatable bonds is 4. The van der Waals surface area contributed by atoms with E-state index >= 15 is 0 Å². The van der Waals surface area contributed by atoms with Crippen LogP contribution in [0.15, 0.2) is 11.6 Å². The first-order valence-corrected chi connectivity index (χ1v) is 7.66. The standard InChI is InChI=1S/C16H26O2/c1-2-18-16(12-8-9-13-16)15(17)14-10-6-4-3-5-7-11-14/h10H,2-9,11-13H2,1H3. The van der Waals surface area contributed by atoms with E-state index in [0.717, 1.165) is 44.1 Å². The number of ether oxygens (including phenoxy) is 1. The van der Waals surface area contributed by atoms with Gasteiger partial charge in [-0.25, -0.2) is 0 Å². The molecule has 0 bridgehead atoms. The lowest BCUT2D eigenvalue weighted by molar-refractivity contribution is -0.139. The SMILES string of the molecule is CCOC1(C(=O)C2=CCCCCCC2)CCCC1. The molecule has 2 aliphatic rings. The smallest absolute Gasteiger partial charge is 0.190 e. The Hall–Kier alpha value is -0.630. The van der Waals surface area contributed by atoms with Crippen molar-refractivity contribution < 1.29 is 9.53 Å². The summed E-state index contributed by atoms with van der Waals surface area (Å²) in [6, 6.07) is 0. The van der Waals surface area contributed by atoms with Gasteiger partial charge in [-0.15, -0.1) is 0 Å². The van der Waals surface area contributed by atoms with Crippen LogP contribution in [0.3, 0.4) is 0 Å². The molecule has 0 spiro atoms. The van der Waals surface area contributed by atoms with Crippen LogP contribution in [-0.4, -0.2) is 18.0 Å². The van der Waals surface area contributed by atoms with Gasteiger partial charge in [0.2, 0.25) is 0 Å². The van der Waals surface area contributed by atoms with Crippen LogP contribution in [0.1, 0.15) is 71.1 Å². The predicted octanol–water partition coefficient (Wildman–Crippen LogP) is 4.19. The van der Waals surface area contributed by atoms with E-state index in [4.69, 9.17) is 4.74 Å². The van der Waals surface area contributed by atoms with Gasteiger partial charge in [-0.2, -0.15) is 0 Å². The van der Waals surface area contributed by atoms with Crippen molar-refractivity contribution in [3.05, 3.63) is 11.6 Å². The van der Waals surface area contributed by atoms with Gasteiger partial charge in [0.05, 0.1) is 0 Å². The van der Waals surface area contributed by atoms with Crippen molar-refractivity contribution in [2.45, 2.75) is 76.7 Å². The molecule has 2 aliphatic carbocycles. The van der Waals surface area contributed by atoms with Crippen LogP contribution >= 0.6 is 0 Å². The van der Waals surface area contributed by atoms with Crippen molar-refractivity contribution in [2.24, 2.45) is 0 Å². The first-order valence-electron chi connectivity index (χ1n) is 7.66. The molecule has 0 saturated heterocycles. The van der Waals surface area contributed by atoms with Crippen LogP contribution in [0, 0.1) is 0 Å². The molecule has 0 aliphatic heterocycles. The zero-order chi connectivity index (χ0) is 12.8. The third kappa shape index (κ3) is 3.03. The molecule has 2 heteroatoms. The molecule has 0 aromatic heterocycles. The van der Waals surface area contributed by atoms with Gasteiger partial charge in [0.25, 0.3) is 0 Å². The van der Waals surface area contributed by atoms with E-state index < -0.39 is 5.60 Å². The molecule has 2 nitrogen and oxygen atoms in total. The minimum Gasteiger partial charge on any atom is -0.367 e. The zero-order valence-corrected chi connectivity index (χ0v) is 11.7. The molecule has 0 amide bonds. The van der Waals surface area contributed by atoms with E-state index in [1.54, 1.807) is 0 Å². The summed E-state index contributed by atoms with van der Waals surface area (Å²) in [7, 11) is 0. The molecule has 0 aromatic carbocycles. The Bertz CT molecular complexity index is 311. The van der Waals surface area contributed by atoms with Crippen molar-refractivity contribution in [3.63, 3.8) is 0 Å². The second kappa shape index (κ2) is 6.51. The van der Waals surface area contributed by atoms with Crippen LogP contribution in [0.4, 0.5) is 0 Å². The average molecular weight is 250 g/mol. The molecule has 102 valence electrons. The topological polar surface area (TPSA) is 26.3 Å². The molecule has 0 heterocycles. The Balaban J connectivity index is 2.11. The summed E-state index contributed by atoms with van der Waals surface area (Å²) >= 11 is 0. The quantitative estimate of drug-likeness (QED) is 0.748. The third-order valence-electron chi connectivity index (χ3n) is 4.33. The van der Waals surface area contributed by atoms with Gasteiger partial charge >= 0.3 is 0 Å². The lowest BCUT2D eigenvalue weighted by Crippen LogP contribution is -2.40. The molecular formula is C16H26O2. The lowest BCUT2D eigenvalue weighted by atomic mass is 9.86. The van der Waals surface area contributed by atoms with Gasteiger partial charge in [0.1, 0.15) is 5.60 Å². The minimum absolute atomic E-state index is 0.309. The second-order valence-electron chi connectivity index (χ2n) is 5.65. The monoisotopic (exact) mass is 250 g/mol. The Morgan fingerprint density at radius 2 is 1.89 bits per heavy atom. The predicted molar refractivity (Wildman–Crippen MR) is 73.6 cm³/mol. The molecule has 0 N–H and O–H groups in total. The van der Waals surface area contributed by atoms with Crippen LogP contribution in [0.5, 0.6) is 0 Å². The van der Waals surface area contributed by atoms with Gasteiger partial charge in [0.15, 0.2) is 5.78 Å².